The number of rotatable bonds is 2. The third-order valence-corrected chi connectivity index (χ3v) is 2.64. The van der Waals surface area contributed by atoms with Gasteiger partial charge in [0.05, 0.1) is 0 Å². The van der Waals surface area contributed by atoms with E-state index in [-0.39, 0.29) is 4.47 Å². The summed E-state index contributed by atoms with van der Waals surface area (Å²) in [4.78, 5) is 6.37. The predicted octanol–water partition coefficient (Wildman–Crippen LogP) is 3.91. The van der Waals surface area contributed by atoms with Crippen molar-refractivity contribution in [2.45, 2.75) is 6.18 Å². The maximum Gasteiger partial charge on any atom is 0.433 e. The molecule has 0 fully saturated rings. The molecule has 1 aromatic carbocycles. The standard InChI is InChI=1S/C11H5BrF5N3O/c12-4-1-5(13)9(14)6(2-4)21-8-3-7(11(15,16)17)19-10(18)20-8/h1-3H,(H2,18,19,20). The molecular weight excluding hydrogens is 365 g/mol. The van der Waals surface area contributed by atoms with Crippen LogP contribution in [0.15, 0.2) is 22.7 Å². The van der Waals surface area contributed by atoms with E-state index >= 15 is 0 Å². The molecular formula is C11H5BrF5N3O. The van der Waals surface area contributed by atoms with E-state index in [9.17, 15) is 22.0 Å². The van der Waals surface area contributed by atoms with Gasteiger partial charge in [0.25, 0.3) is 0 Å². The SMILES string of the molecule is Nc1nc(Oc2cc(Br)cc(F)c2F)cc(C(F)(F)F)n1. The van der Waals surface area contributed by atoms with Crippen LogP contribution in [0, 0.1) is 11.6 Å². The van der Waals surface area contributed by atoms with E-state index in [0.29, 0.717) is 6.07 Å². The van der Waals surface area contributed by atoms with Crippen LogP contribution in [0.2, 0.25) is 0 Å². The minimum absolute atomic E-state index is 0.134. The zero-order chi connectivity index (χ0) is 15.8. The van der Waals surface area contributed by atoms with E-state index in [4.69, 9.17) is 10.5 Å². The van der Waals surface area contributed by atoms with E-state index in [0.717, 1.165) is 12.1 Å². The van der Waals surface area contributed by atoms with Crippen molar-refractivity contribution in [1.82, 2.24) is 9.97 Å². The van der Waals surface area contributed by atoms with Gasteiger partial charge in [0.2, 0.25) is 17.6 Å². The summed E-state index contributed by atoms with van der Waals surface area (Å²) in [5.74, 6) is -4.63. The molecule has 21 heavy (non-hydrogen) atoms. The first kappa shape index (κ1) is 15.4. The number of benzene rings is 1. The Morgan fingerprint density at radius 2 is 1.76 bits per heavy atom. The number of nitrogens with zero attached hydrogens (tertiary/aromatic N) is 2. The van der Waals surface area contributed by atoms with Gasteiger partial charge in [0.15, 0.2) is 17.3 Å². The van der Waals surface area contributed by atoms with Crippen molar-refractivity contribution in [3.63, 3.8) is 0 Å². The summed E-state index contributed by atoms with van der Waals surface area (Å²) in [7, 11) is 0. The number of nitrogens with two attached hydrogens (primary N) is 1. The zero-order valence-electron chi connectivity index (χ0n) is 9.88. The molecule has 112 valence electrons. The highest BCUT2D eigenvalue weighted by atomic mass is 79.9. The monoisotopic (exact) mass is 369 g/mol. The van der Waals surface area contributed by atoms with Crippen molar-refractivity contribution in [1.29, 1.82) is 0 Å². The van der Waals surface area contributed by atoms with Gasteiger partial charge >= 0.3 is 6.18 Å². The largest absolute Gasteiger partial charge is 0.436 e. The molecule has 4 nitrogen and oxygen atoms in total. The van der Waals surface area contributed by atoms with Crippen LogP contribution in [0.25, 0.3) is 0 Å². The third-order valence-electron chi connectivity index (χ3n) is 2.18. The maximum absolute atomic E-state index is 13.5. The Kier molecular flexibility index (Phi) is 3.99. The van der Waals surface area contributed by atoms with Crippen LogP contribution in [-0.2, 0) is 6.18 Å². The van der Waals surface area contributed by atoms with Gasteiger partial charge in [-0.1, -0.05) is 15.9 Å². The summed E-state index contributed by atoms with van der Waals surface area (Å²) < 4.78 is 69.3. The maximum atomic E-state index is 13.5. The molecule has 0 amide bonds. The molecule has 1 aromatic heterocycles. The zero-order valence-corrected chi connectivity index (χ0v) is 11.5. The fourth-order valence-electron chi connectivity index (χ4n) is 1.36. The number of hydrogen-bond donors (Lipinski definition) is 1. The van der Waals surface area contributed by atoms with Gasteiger partial charge in [0.1, 0.15) is 0 Å². The Morgan fingerprint density at radius 1 is 1.10 bits per heavy atom. The van der Waals surface area contributed by atoms with Gasteiger partial charge in [-0.3, -0.25) is 0 Å². The molecule has 0 aliphatic rings. The van der Waals surface area contributed by atoms with Crippen LogP contribution >= 0.6 is 15.9 Å². The molecule has 2 rings (SSSR count). The first-order valence-electron chi connectivity index (χ1n) is 5.21. The average molecular weight is 370 g/mol. The van der Waals surface area contributed by atoms with Crippen molar-refractivity contribution in [3.8, 4) is 11.6 Å². The molecule has 0 spiro atoms. The van der Waals surface area contributed by atoms with Gasteiger partial charge in [-0.2, -0.15) is 22.5 Å². The molecule has 0 atom stereocenters. The molecule has 1 heterocycles. The van der Waals surface area contributed by atoms with E-state index in [1.165, 1.54) is 0 Å². The molecule has 0 unspecified atom stereocenters. The topological polar surface area (TPSA) is 61.0 Å². The van der Waals surface area contributed by atoms with Crippen LogP contribution in [0.4, 0.5) is 27.9 Å². The second kappa shape index (κ2) is 5.43. The molecule has 0 saturated heterocycles. The number of alkyl halides is 3. The lowest BCUT2D eigenvalue weighted by atomic mass is 10.3. The molecule has 0 aliphatic heterocycles. The van der Waals surface area contributed by atoms with Crippen LogP contribution < -0.4 is 10.5 Å². The number of nitrogen functional groups attached to an aromatic ring is 1. The summed E-state index contributed by atoms with van der Waals surface area (Å²) in [6.07, 6.45) is -4.78. The first-order valence-corrected chi connectivity index (χ1v) is 6.00. The van der Waals surface area contributed by atoms with E-state index in [1.54, 1.807) is 0 Å². The van der Waals surface area contributed by atoms with Gasteiger partial charge in [-0.05, 0) is 12.1 Å². The van der Waals surface area contributed by atoms with Crippen molar-refractivity contribution in [3.05, 3.63) is 40.0 Å². The first-order chi connectivity index (χ1) is 9.66. The fraction of sp³-hybridized carbons (Fsp3) is 0.0909. The fourth-order valence-corrected chi connectivity index (χ4v) is 1.77. The lowest BCUT2D eigenvalue weighted by molar-refractivity contribution is -0.141. The second-order valence-electron chi connectivity index (χ2n) is 3.75. The molecule has 0 radical (unpaired) electrons. The van der Waals surface area contributed by atoms with Crippen molar-refractivity contribution in [2.24, 2.45) is 0 Å². The van der Waals surface area contributed by atoms with Gasteiger partial charge in [0, 0.05) is 10.5 Å². The Labute approximate surface area is 122 Å². The summed E-state index contributed by atoms with van der Waals surface area (Å²) in [5.41, 5.74) is 3.77. The van der Waals surface area contributed by atoms with E-state index in [1.807, 2.05) is 0 Å². The highest BCUT2D eigenvalue weighted by molar-refractivity contribution is 9.10. The molecule has 2 N–H and O–H groups in total. The minimum Gasteiger partial charge on any atom is -0.436 e. The predicted molar refractivity (Wildman–Crippen MR) is 65.6 cm³/mol. The second-order valence-corrected chi connectivity index (χ2v) is 4.66. The van der Waals surface area contributed by atoms with E-state index < -0.39 is 41.1 Å². The van der Waals surface area contributed by atoms with Crippen molar-refractivity contribution < 1.29 is 26.7 Å². The summed E-state index contributed by atoms with van der Waals surface area (Å²) in [6, 6.07) is 2.29. The summed E-state index contributed by atoms with van der Waals surface area (Å²) in [5, 5.41) is 0. The normalized spacial score (nSPS) is 11.5. The Hall–Kier alpha value is -1.97. The Morgan fingerprint density at radius 3 is 2.38 bits per heavy atom. The van der Waals surface area contributed by atoms with Crippen LogP contribution in [0.1, 0.15) is 5.69 Å². The Balaban J connectivity index is 2.43. The third kappa shape index (κ3) is 3.57. The number of aromatic nitrogens is 2. The highest BCUT2D eigenvalue weighted by Crippen LogP contribution is 2.33. The number of hydrogen-bond acceptors (Lipinski definition) is 4. The molecule has 0 saturated carbocycles. The smallest absolute Gasteiger partial charge is 0.433 e. The number of anilines is 1. The van der Waals surface area contributed by atoms with Crippen LogP contribution in [0.3, 0.4) is 0 Å². The highest BCUT2D eigenvalue weighted by Gasteiger charge is 2.34. The van der Waals surface area contributed by atoms with Gasteiger partial charge < -0.3 is 10.5 Å². The van der Waals surface area contributed by atoms with Crippen LogP contribution in [0.5, 0.6) is 11.6 Å². The summed E-state index contributed by atoms with van der Waals surface area (Å²) >= 11 is 2.90. The van der Waals surface area contributed by atoms with E-state index in [2.05, 4.69) is 25.9 Å². The quantitative estimate of drug-likeness (QED) is 0.643. The van der Waals surface area contributed by atoms with Crippen molar-refractivity contribution in [2.75, 3.05) is 5.73 Å². The van der Waals surface area contributed by atoms with Crippen molar-refractivity contribution >= 4 is 21.9 Å². The molecule has 0 bridgehead atoms. The van der Waals surface area contributed by atoms with Gasteiger partial charge in [-0.25, -0.2) is 9.37 Å². The Bertz CT molecular complexity index is 692. The lowest BCUT2D eigenvalue weighted by Crippen LogP contribution is -2.11. The molecule has 0 aliphatic carbocycles. The number of ether oxygens (including phenoxy) is 1. The van der Waals surface area contributed by atoms with Crippen LogP contribution in [-0.4, -0.2) is 9.97 Å². The average Bonchev–Trinajstić information content (AvgIpc) is 2.33. The molecule has 10 heteroatoms. The van der Waals surface area contributed by atoms with Gasteiger partial charge in [-0.15, -0.1) is 0 Å². The minimum atomic E-state index is -4.78. The lowest BCUT2D eigenvalue weighted by Gasteiger charge is -2.10. The summed E-state index contributed by atoms with van der Waals surface area (Å²) in [6.45, 7) is 0. The molecule has 2 aromatic rings. The number of halogens is 6.